The van der Waals surface area contributed by atoms with E-state index in [0.717, 1.165) is 10.4 Å². The highest BCUT2D eigenvalue weighted by molar-refractivity contribution is 7.16. The zero-order valence-electron chi connectivity index (χ0n) is 14.1. The van der Waals surface area contributed by atoms with E-state index in [4.69, 9.17) is 4.74 Å². The number of hydrogen-bond donors (Lipinski definition) is 1. The molecule has 1 aromatic carbocycles. The van der Waals surface area contributed by atoms with E-state index >= 15 is 0 Å². The van der Waals surface area contributed by atoms with E-state index in [2.05, 4.69) is 25.8 Å². The van der Waals surface area contributed by atoms with Gasteiger partial charge < -0.3 is 4.74 Å². The summed E-state index contributed by atoms with van der Waals surface area (Å²) in [5, 5.41) is 14.1. The van der Waals surface area contributed by atoms with Gasteiger partial charge in [-0.2, -0.15) is 0 Å². The molecule has 1 amide bonds. The number of carbonyl (C=O) groups excluding carboxylic acids is 2. The summed E-state index contributed by atoms with van der Waals surface area (Å²) in [6.45, 7) is 1.90. The fourth-order valence-electron chi connectivity index (χ4n) is 2.42. The Bertz CT molecular complexity index is 894. The van der Waals surface area contributed by atoms with Crippen molar-refractivity contribution in [1.82, 2.24) is 25.2 Å². The van der Waals surface area contributed by atoms with Gasteiger partial charge in [0.2, 0.25) is 0 Å². The SMILES string of the molecule is CCc1sc(NC(=O)[C@@H](c2ccccc2)n2cnnn2)nc1C(=O)OC. The van der Waals surface area contributed by atoms with Crippen LogP contribution in [0.25, 0.3) is 0 Å². The molecule has 0 aliphatic heterocycles. The molecule has 10 heteroatoms. The number of carbonyl (C=O) groups is 2. The lowest BCUT2D eigenvalue weighted by Crippen LogP contribution is -2.27. The number of aromatic nitrogens is 5. The Labute approximate surface area is 153 Å². The fourth-order valence-corrected chi connectivity index (χ4v) is 3.31. The van der Waals surface area contributed by atoms with Crippen LogP contribution < -0.4 is 5.32 Å². The maximum Gasteiger partial charge on any atom is 0.357 e. The van der Waals surface area contributed by atoms with Gasteiger partial charge in [0.1, 0.15) is 6.33 Å². The topological polar surface area (TPSA) is 112 Å². The summed E-state index contributed by atoms with van der Waals surface area (Å²) in [6.07, 6.45) is 1.98. The largest absolute Gasteiger partial charge is 0.464 e. The van der Waals surface area contributed by atoms with Crippen molar-refractivity contribution in [3.63, 3.8) is 0 Å². The molecule has 0 saturated heterocycles. The van der Waals surface area contributed by atoms with Gasteiger partial charge >= 0.3 is 5.97 Å². The second-order valence-corrected chi connectivity index (χ2v) is 6.31. The predicted octanol–water partition coefficient (Wildman–Crippen LogP) is 1.71. The van der Waals surface area contributed by atoms with Gasteiger partial charge in [-0.25, -0.2) is 14.5 Å². The Morgan fingerprint density at radius 2 is 2.08 bits per heavy atom. The number of anilines is 1. The normalized spacial score (nSPS) is 11.8. The van der Waals surface area contributed by atoms with Crippen molar-refractivity contribution in [2.75, 3.05) is 12.4 Å². The molecule has 26 heavy (non-hydrogen) atoms. The fraction of sp³-hybridized carbons (Fsp3) is 0.250. The summed E-state index contributed by atoms with van der Waals surface area (Å²) in [5.41, 5.74) is 0.937. The number of thiazole rings is 1. The first-order valence-electron chi connectivity index (χ1n) is 7.80. The van der Waals surface area contributed by atoms with Gasteiger partial charge in [-0.1, -0.05) is 37.3 Å². The summed E-state index contributed by atoms with van der Waals surface area (Å²) in [6, 6.07) is 8.37. The molecule has 2 heterocycles. The molecule has 0 aliphatic rings. The summed E-state index contributed by atoms with van der Waals surface area (Å²) < 4.78 is 6.10. The molecule has 0 fully saturated rings. The number of ether oxygens (including phenoxy) is 1. The molecule has 3 aromatic rings. The number of amides is 1. The molecular weight excluding hydrogens is 356 g/mol. The van der Waals surface area contributed by atoms with Crippen LogP contribution in [0, 0.1) is 0 Å². The average molecular weight is 372 g/mol. The van der Waals surface area contributed by atoms with Crippen molar-refractivity contribution in [1.29, 1.82) is 0 Å². The first-order chi connectivity index (χ1) is 12.6. The second-order valence-electron chi connectivity index (χ2n) is 5.23. The maximum atomic E-state index is 12.9. The Kier molecular flexibility index (Phi) is 5.32. The lowest BCUT2D eigenvalue weighted by Gasteiger charge is -2.15. The van der Waals surface area contributed by atoms with Crippen molar-refractivity contribution in [2.24, 2.45) is 0 Å². The van der Waals surface area contributed by atoms with E-state index in [9.17, 15) is 9.59 Å². The van der Waals surface area contributed by atoms with Crippen LogP contribution >= 0.6 is 11.3 Å². The zero-order valence-corrected chi connectivity index (χ0v) is 14.9. The van der Waals surface area contributed by atoms with Crippen molar-refractivity contribution in [3.8, 4) is 0 Å². The number of aryl methyl sites for hydroxylation is 1. The average Bonchev–Trinajstić information content (AvgIpc) is 3.32. The molecule has 1 N–H and O–H groups in total. The third-order valence-electron chi connectivity index (χ3n) is 3.62. The van der Waals surface area contributed by atoms with Crippen molar-refractivity contribution >= 4 is 28.3 Å². The third-order valence-corrected chi connectivity index (χ3v) is 4.74. The number of esters is 1. The second kappa shape index (κ2) is 7.83. The summed E-state index contributed by atoms with van der Waals surface area (Å²) in [5.74, 6) is -0.894. The van der Waals surface area contributed by atoms with E-state index in [1.165, 1.54) is 29.5 Å². The number of benzene rings is 1. The van der Waals surface area contributed by atoms with E-state index in [0.29, 0.717) is 11.6 Å². The monoisotopic (exact) mass is 372 g/mol. The lowest BCUT2D eigenvalue weighted by molar-refractivity contribution is -0.118. The number of tetrazole rings is 1. The van der Waals surface area contributed by atoms with Gasteiger partial charge in [0.05, 0.1) is 7.11 Å². The van der Waals surface area contributed by atoms with Gasteiger partial charge in [-0.15, -0.1) is 16.4 Å². The number of methoxy groups -OCH3 is 1. The molecule has 9 nitrogen and oxygen atoms in total. The summed E-state index contributed by atoms with van der Waals surface area (Å²) in [4.78, 5) is 29.6. The summed E-state index contributed by atoms with van der Waals surface area (Å²) in [7, 11) is 1.29. The molecule has 0 aliphatic carbocycles. The molecule has 0 unspecified atom stereocenters. The highest BCUT2D eigenvalue weighted by atomic mass is 32.1. The standard InChI is InChI=1S/C16H16N6O3S/c1-3-11-12(15(24)25-2)18-16(26-11)19-14(23)13(22-9-17-20-21-22)10-7-5-4-6-8-10/h4-9,13H,3H2,1-2H3,(H,18,19,23)/t13-/m1/s1. The van der Waals surface area contributed by atoms with E-state index in [-0.39, 0.29) is 11.6 Å². The van der Waals surface area contributed by atoms with E-state index in [1.807, 2.05) is 37.3 Å². The maximum absolute atomic E-state index is 12.9. The van der Waals surface area contributed by atoms with Gasteiger partial charge in [0, 0.05) is 4.88 Å². The van der Waals surface area contributed by atoms with Crippen LogP contribution in [0.15, 0.2) is 36.7 Å². The minimum atomic E-state index is -0.762. The van der Waals surface area contributed by atoms with Crippen LogP contribution in [0.3, 0.4) is 0 Å². The van der Waals surface area contributed by atoms with Crippen LogP contribution in [0.1, 0.15) is 33.9 Å². The Balaban J connectivity index is 1.89. The molecule has 0 saturated carbocycles. The first-order valence-corrected chi connectivity index (χ1v) is 8.62. The van der Waals surface area contributed by atoms with E-state index in [1.54, 1.807) is 0 Å². The quantitative estimate of drug-likeness (QED) is 0.656. The minimum Gasteiger partial charge on any atom is -0.464 e. The Morgan fingerprint density at radius 3 is 2.69 bits per heavy atom. The third kappa shape index (κ3) is 3.59. The molecular formula is C16H16N6O3S. The summed E-state index contributed by atoms with van der Waals surface area (Å²) >= 11 is 1.24. The van der Waals surface area contributed by atoms with Crippen LogP contribution in [-0.2, 0) is 16.0 Å². The van der Waals surface area contributed by atoms with Gasteiger partial charge in [-0.05, 0) is 22.4 Å². The van der Waals surface area contributed by atoms with Gasteiger partial charge in [-0.3, -0.25) is 10.1 Å². The highest BCUT2D eigenvalue weighted by Crippen LogP contribution is 2.26. The number of hydrogen-bond acceptors (Lipinski definition) is 8. The molecule has 3 rings (SSSR count). The molecule has 0 spiro atoms. The van der Waals surface area contributed by atoms with Gasteiger partial charge in [0.15, 0.2) is 16.9 Å². The van der Waals surface area contributed by atoms with Crippen molar-refractivity contribution < 1.29 is 14.3 Å². The van der Waals surface area contributed by atoms with Crippen molar-refractivity contribution in [2.45, 2.75) is 19.4 Å². The Hall–Kier alpha value is -3.14. The van der Waals surface area contributed by atoms with E-state index < -0.39 is 12.0 Å². The number of nitrogens with one attached hydrogen (secondary N) is 1. The Morgan fingerprint density at radius 1 is 1.31 bits per heavy atom. The van der Waals surface area contributed by atoms with Crippen molar-refractivity contribution in [3.05, 3.63) is 52.8 Å². The highest BCUT2D eigenvalue weighted by Gasteiger charge is 2.26. The molecule has 134 valence electrons. The lowest BCUT2D eigenvalue weighted by atomic mass is 10.1. The molecule has 1 atom stereocenters. The van der Waals surface area contributed by atoms with Crippen LogP contribution in [0.4, 0.5) is 5.13 Å². The molecule has 0 radical (unpaired) electrons. The number of nitrogens with zero attached hydrogens (tertiary/aromatic N) is 5. The van der Waals surface area contributed by atoms with Crippen LogP contribution in [0.5, 0.6) is 0 Å². The zero-order chi connectivity index (χ0) is 18.5. The predicted molar refractivity (Wildman–Crippen MR) is 93.9 cm³/mol. The minimum absolute atomic E-state index is 0.217. The smallest absolute Gasteiger partial charge is 0.357 e. The van der Waals surface area contributed by atoms with Crippen LogP contribution in [0.2, 0.25) is 0 Å². The molecule has 2 aromatic heterocycles. The first kappa shape index (κ1) is 17.7. The van der Waals surface area contributed by atoms with Crippen LogP contribution in [-0.4, -0.2) is 44.2 Å². The van der Waals surface area contributed by atoms with Gasteiger partial charge in [0.25, 0.3) is 5.91 Å². The number of rotatable bonds is 6. The molecule has 0 bridgehead atoms.